The van der Waals surface area contributed by atoms with Gasteiger partial charge in [-0.05, 0) is 32.3 Å². The third-order valence-corrected chi connectivity index (χ3v) is 7.02. The zero-order valence-electron chi connectivity index (χ0n) is 20.5. The van der Waals surface area contributed by atoms with Crippen molar-refractivity contribution in [1.29, 1.82) is 0 Å². The average molecular weight is 484 g/mol. The van der Waals surface area contributed by atoms with E-state index in [1.807, 2.05) is 69.8 Å². The summed E-state index contributed by atoms with van der Waals surface area (Å²) < 4.78 is 5.50. The number of halogens is 1. The molecule has 1 aliphatic heterocycles. The number of benzene rings is 1. The minimum absolute atomic E-state index is 0.408. The molecule has 1 aromatic carbocycles. The van der Waals surface area contributed by atoms with Crippen LogP contribution in [0.2, 0.25) is 0 Å². The quantitative estimate of drug-likeness (QED) is 0.560. The summed E-state index contributed by atoms with van der Waals surface area (Å²) >= 11 is 6.86. The maximum absolute atomic E-state index is 6.97. The molecule has 5 N–H and O–H groups in total. The fourth-order valence-electron chi connectivity index (χ4n) is 4.56. The van der Waals surface area contributed by atoms with Gasteiger partial charge in [0.2, 0.25) is 0 Å². The predicted octanol–water partition coefficient (Wildman–Crippen LogP) is 2.64. The Kier molecular flexibility index (Phi) is 6.66. The van der Waals surface area contributed by atoms with Gasteiger partial charge in [0, 0.05) is 67.7 Å². The second-order valence-corrected chi connectivity index (χ2v) is 9.71. The molecule has 2 unspecified atom stereocenters. The van der Waals surface area contributed by atoms with Crippen molar-refractivity contribution >= 4 is 28.2 Å². The van der Waals surface area contributed by atoms with Gasteiger partial charge in [-0.1, -0.05) is 23.7 Å². The molecular formula is C25H34ClN7O. The molecule has 182 valence electrons. The van der Waals surface area contributed by atoms with E-state index in [0.717, 1.165) is 46.7 Å². The number of aliphatic imine (C=N–C) groups is 1. The third-order valence-electron chi connectivity index (χ3n) is 6.56. The Morgan fingerprint density at radius 3 is 2.76 bits per heavy atom. The van der Waals surface area contributed by atoms with Crippen molar-refractivity contribution in [3.63, 3.8) is 0 Å². The summed E-state index contributed by atoms with van der Waals surface area (Å²) in [6, 6.07) is 5.96. The molecule has 1 aromatic heterocycles. The number of nitrogens with zero attached hydrogens (tertiary/aromatic N) is 4. The number of nitrogens with one attached hydrogen (secondary N) is 1. The Hall–Kier alpha value is -2.94. The Balaban J connectivity index is 1.67. The van der Waals surface area contributed by atoms with E-state index in [1.54, 1.807) is 7.11 Å². The van der Waals surface area contributed by atoms with Crippen LogP contribution in [0, 0.1) is 0 Å². The van der Waals surface area contributed by atoms with Gasteiger partial charge < -0.3 is 35.9 Å². The van der Waals surface area contributed by atoms with Crippen molar-refractivity contribution in [2.75, 3.05) is 48.4 Å². The van der Waals surface area contributed by atoms with Crippen LogP contribution in [0.1, 0.15) is 12.0 Å². The van der Waals surface area contributed by atoms with Gasteiger partial charge in [-0.2, -0.15) is 0 Å². The molecule has 2 atom stereocenters. The van der Waals surface area contributed by atoms with Gasteiger partial charge in [-0.25, -0.2) is 0 Å². The van der Waals surface area contributed by atoms with Crippen LogP contribution in [0.25, 0.3) is 10.9 Å². The Bertz CT molecular complexity index is 1200. The van der Waals surface area contributed by atoms with Crippen LogP contribution in [0.5, 0.6) is 5.75 Å². The van der Waals surface area contributed by atoms with Gasteiger partial charge in [0.15, 0.2) is 0 Å². The number of para-hydroxylation sites is 1. The molecule has 9 heteroatoms. The van der Waals surface area contributed by atoms with Gasteiger partial charge in [0.1, 0.15) is 11.9 Å². The zero-order valence-corrected chi connectivity index (χ0v) is 21.2. The topological polar surface area (TPSA) is 99.1 Å². The summed E-state index contributed by atoms with van der Waals surface area (Å²) in [5, 5.41) is 1.58. The van der Waals surface area contributed by atoms with Gasteiger partial charge >= 0.3 is 0 Å². The van der Waals surface area contributed by atoms with Gasteiger partial charge in [-0.15, -0.1) is 0 Å². The summed E-state index contributed by atoms with van der Waals surface area (Å²) in [5.41, 5.74) is 16.9. The standard InChI is InChI=1S/C25H34ClN7O/c1-31(2)11-12-32(3)20-13-22(26)25(28,14-18(20)27)24-30-19(9-10-33(24)4)17-15-29-23-16(17)7-6-8-21(23)34-5/h6-10,13,15,24,29H,11-12,14,27-28H2,1-5H3. The normalized spacial score (nSPS) is 22.9. The smallest absolute Gasteiger partial charge is 0.144 e. The number of fused-ring (bicyclic) bond motifs is 1. The maximum atomic E-state index is 6.97. The first-order valence-corrected chi connectivity index (χ1v) is 11.7. The van der Waals surface area contributed by atoms with Crippen LogP contribution in [-0.4, -0.2) is 85.5 Å². The molecule has 2 aromatic rings. The molecule has 0 saturated heterocycles. The molecule has 8 nitrogen and oxygen atoms in total. The lowest BCUT2D eigenvalue weighted by molar-refractivity contribution is 0.228. The molecule has 34 heavy (non-hydrogen) atoms. The van der Waals surface area contributed by atoms with Crippen LogP contribution >= 0.6 is 11.6 Å². The average Bonchev–Trinajstić information content (AvgIpc) is 3.24. The molecule has 1 aliphatic carbocycles. The molecule has 4 rings (SSSR count). The van der Waals surface area contributed by atoms with Crippen molar-refractivity contribution in [2.45, 2.75) is 18.1 Å². The lowest BCUT2D eigenvalue weighted by Crippen LogP contribution is -2.58. The highest BCUT2D eigenvalue weighted by atomic mass is 35.5. The second-order valence-electron chi connectivity index (χ2n) is 9.30. The minimum atomic E-state index is -0.952. The molecular weight excluding hydrogens is 450 g/mol. The van der Waals surface area contributed by atoms with Gasteiger partial charge in [0.25, 0.3) is 0 Å². The molecule has 2 aliphatic rings. The van der Waals surface area contributed by atoms with Gasteiger partial charge in [0.05, 0.1) is 29.6 Å². The summed E-state index contributed by atoms with van der Waals surface area (Å²) in [6.07, 6.45) is 7.82. The van der Waals surface area contributed by atoms with Crippen molar-refractivity contribution in [2.24, 2.45) is 16.5 Å². The van der Waals surface area contributed by atoms with E-state index in [2.05, 4.69) is 20.9 Å². The summed E-state index contributed by atoms with van der Waals surface area (Å²) in [4.78, 5) is 14.6. The van der Waals surface area contributed by atoms with Crippen LogP contribution in [-0.2, 0) is 0 Å². The van der Waals surface area contributed by atoms with E-state index in [4.69, 9.17) is 32.8 Å². The van der Waals surface area contributed by atoms with Crippen LogP contribution < -0.4 is 16.2 Å². The van der Waals surface area contributed by atoms with Crippen molar-refractivity contribution < 1.29 is 4.74 Å². The second kappa shape index (κ2) is 9.37. The molecule has 0 radical (unpaired) electrons. The summed E-state index contributed by atoms with van der Waals surface area (Å²) in [7, 11) is 9.74. The molecule has 0 fully saturated rings. The molecule has 0 bridgehead atoms. The number of likely N-dealkylation sites (N-methyl/N-ethyl adjacent to an activating group) is 3. The highest BCUT2D eigenvalue weighted by Gasteiger charge is 2.44. The number of allylic oxidation sites excluding steroid dienone is 2. The zero-order chi connectivity index (χ0) is 24.6. The highest BCUT2D eigenvalue weighted by Crippen LogP contribution is 2.38. The number of rotatable bonds is 7. The summed E-state index contributed by atoms with van der Waals surface area (Å²) in [5.74, 6) is 0.787. The van der Waals surface area contributed by atoms with Crippen molar-refractivity contribution in [3.05, 3.63) is 64.7 Å². The Morgan fingerprint density at radius 2 is 2.06 bits per heavy atom. The number of ether oxygens (including phenoxy) is 1. The number of nitrogens with two attached hydrogens (primary N) is 2. The fraction of sp³-hybridized carbons (Fsp3) is 0.400. The monoisotopic (exact) mass is 483 g/mol. The van der Waals surface area contributed by atoms with E-state index in [9.17, 15) is 0 Å². The first kappa shape index (κ1) is 24.2. The highest BCUT2D eigenvalue weighted by molar-refractivity contribution is 6.31. The summed E-state index contributed by atoms with van der Waals surface area (Å²) in [6.45, 7) is 1.74. The van der Waals surface area contributed by atoms with Crippen LogP contribution in [0.4, 0.5) is 0 Å². The Morgan fingerprint density at radius 1 is 1.29 bits per heavy atom. The third kappa shape index (κ3) is 4.29. The molecule has 0 spiro atoms. The SMILES string of the molecule is COc1cccc2c(C3=NC(C4(N)CC(N)=C(N(C)CCN(C)C)C=C4Cl)N(C)C=C3)c[nH]c12. The molecule has 0 amide bonds. The van der Waals surface area contributed by atoms with Crippen molar-refractivity contribution in [1.82, 2.24) is 19.7 Å². The number of H-pyrrole nitrogens is 1. The maximum Gasteiger partial charge on any atom is 0.144 e. The number of hydrogen-bond acceptors (Lipinski definition) is 7. The minimum Gasteiger partial charge on any atom is -0.495 e. The van der Waals surface area contributed by atoms with E-state index in [-0.39, 0.29) is 0 Å². The van der Waals surface area contributed by atoms with E-state index in [1.165, 1.54) is 0 Å². The number of aromatic nitrogens is 1. The number of methoxy groups -OCH3 is 1. The molecule has 0 saturated carbocycles. The predicted molar refractivity (Wildman–Crippen MR) is 140 cm³/mol. The first-order valence-electron chi connectivity index (χ1n) is 11.3. The number of aromatic amines is 1. The van der Waals surface area contributed by atoms with Gasteiger partial charge in [-0.3, -0.25) is 4.99 Å². The lowest BCUT2D eigenvalue weighted by Gasteiger charge is -2.43. The van der Waals surface area contributed by atoms with E-state index < -0.39 is 11.7 Å². The lowest BCUT2D eigenvalue weighted by atomic mass is 9.84. The van der Waals surface area contributed by atoms with E-state index in [0.29, 0.717) is 17.2 Å². The van der Waals surface area contributed by atoms with E-state index >= 15 is 0 Å². The number of hydrogen-bond donors (Lipinski definition) is 3. The van der Waals surface area contributed by atoms with Crippen LogP contribution in [0.3, 0.4) is 0 Å². The Labute approximate surface area is 206 Å². The molecule has 2 heterocycles. The fourth-order valence-corrected chi connectivity index (χ4v) is 4.83. The van der Waals surface area contributed by atoms with Crippen molar-refractivity contribution in [3.8, 4) is 5.75 Å². The largest absolute Gasteiger partial charge is 0.495 e. The van der Waals surface area contributed by atoms with Crippen LogP contribution in [0.15, 0.2) is 64.2 Å². The first-order chi connectivity index (χ1) is 16.2.